The normalized spacial score (nSPS) is 12.9. The highest BCUT2D eigenvalue weighted by molar-refractivity contribution is 5.97. The molecule has 1 aliphatic rings. The Bertz CT molecular complexity index is 745. The van der Waals surface area contributed by atoms with Crippen LogP contribution in [0.3, 0.4) is 0 Å². The monoisotopic (exact) mass is 259 g/mol. The van der Waals surface area contributed by atoms with Crippen LogP contribution in [-0.2, 0) is 6.54 Å². The highest BCUT2D eigenvalue weighted by atomic mass is 16.7. The smallest absolute Gasteiger partial charge is 0.231 e. The minimum atomic E-state index is -0.259. The number of benzene rings is 1. The van der Waals surface area contributed by atoms with Crippen molar-refractivity contribution in [1.29, 1.82) is 0 Å². The van der Waals surface area contributed by atoms with Crippen LogP contribution in [0.4, 0.5) is 0 Å². The molecule has 2 heterocycles. The number of hydrogen-bond acceptors (Lipinski definition) is 4. The Labute approximate surface area is 109 Å². The highest BCUT2D eigenvalue weighted by Gasteiger charge is 2.19. The zero-order chi connectivity index (χ0) is 13.6. The second-order valence-electron chi connectivity index (χ2n) is 4.44. The van der Waals surface area contributed by atoms with E-state index in [1.807, 2.05) is 11.5 Å². The SMILES string of the molecule is CCn1cc(C(C)=O)c(=O)c2cc3c(cc21)OCO3. The van der Waals surface area contributed by atoms with Gasteiger partial charge < -0.3 is 14.0 Å². The molecule has 98 valence electrons. The number of nitrogens with zero attached hydrogens (tertiary/aromatic N) is 1. The molecule has 0 fully saturated rings. The predicted molar refractivity (Wildman–Crippen MR) is 70.0 cm³/mol. The molecule has 1 aromatic carbocycles. The van der Waals surface area contributed by atoms with Gasteiger partial charge in [-0.3, -0.25) is 9.59 Å². The third kappa shape index (κ3) is 1.69. The van der Waals surface area contributed by atoms with Crippen LogP contribution < -0.4 is 14.9 Å². The maximum Gasteiger partial charge on any atom is 0.231 e. The number of aryl methyl sites for hydroxylation is 1. The molecule has 0 saturated heterocycles. The van der Waals surface area contributed by atoms with E-state index in [2.05, 4.69) is 0 Å². The van der Waals surface area contributed by atoms with Crippen molar-refractivity contribution in [1.82, 2.24) is 4.57 Å². The summed E-state index contributed by atoms with van der Waals surface area (Å²) in [6, 6.07) is 3.44. The van der Waals surface area contributed by atoms with Crippen molar-refractivity contribution < 1.29 is 14.3 Å². The standard InChI is InChI=1S/C14H13NO4/c1-3-15-6-10(8(2)16)14(17)9-4-12-13(5-11(9)15)19-7-18-12/h4-6H,3,7H2,1-2H3. The van der Waals surface area contributed by atoms with Gasteiger partial charge in [0.1, 0.15) is 0 Å². The first-order chi connectivity index (χ1) is 9.11. The van der Waals surface area contributed by atoms with Crippen molar-refractivity contribution in [2.24, 2.45) is 0 Å². The molecule has 0 N–H and O–H groups in total. The van der Waals surface area contributed by atoms with E-state index < -0.39 is 0 Å². The van der Waals surface area contributed by atoms with E-state index in [-0.39, 0.29) is 23.6 Å². The molecule has 0 atom stereocenters. The van der Waals surface area contributed by atoms with Gasteiger partial charge in [0, 0.05) is 18.8 Å². The van der Waals surface area contributed by atoms with Gasteiger partial charge >= 0.3 is 0 Å². The fourth-order valence-electron chi connectivity index (χ4n) is 2.29. The number of Topliss-reactive ketones (excluding diaryl/α,β-unsaturated/α-hetero) is 1. The lowest BCUT2D eigenvalue weighted by Crippen LogP contribution is -2.17. The number of aromatic nitrogens is 1. The molecular formula is C14H13NO4. The fourth-order valence-corrected chi connectivity index (χ4v) is 2.29. The number of ketones is 1. The Balaban J connectivity index is 2.43. The van der Waals surface area contributed by atoms with Crippen molar-refractivity contribution in [2.75, 3.05) is 6.79 Å². The van der Waals surface area contributed by atoms with E-state index in [0.29, 0.717) is 23.4 Å². The van der Waals surface area contributed by atoms with Crippen LogP contribution in [0.5, 0.6) is 11.5 Å². The first kappa shape index (κ1) is 11.8. The minimum absolute atomic E-state index is 0.158. The fraction of sp³-hybridized carbons (Fsp3) is 0.286. The van der Waals surface area contributed by atoms with E-state index in [9.17, 15) is 9.59 Å². The van der Waals surface area contributed by atoms with E-state index in [4.69, 9.17) is 9.47 Å². The summed E-state index contributed by atoms with van der Waals surface area (Å²) < 4.78 is 12.5. The van der Waals surface area contributed by atoms with Crippen molar-refractivity contribution in [3.05, 3.63) is 34.1 Å². The second kappa shape index (κ2) is 4.12. The average Bonchev–Trinajstić information content (AvgIpc) is 2.84. The Kier molecular flexibility index (Phi) is 2.55. The van der Waals surface area contributed by atoms with Crippen molar-refractivity contribution in [3.8, 4) is 11.5 Å². The first-order valence-electron chi connectivity index (χ1n) is 6.09. The van der Waals surface area contributed by atoms with Crippen LogP contribution in [0.2, 0.25) is 0 Å². The molecule has 0 amide bonds. The summed E-state index contributed by atoms with van der Waals surface area (Å²) >= 11 is 0. The Hall–Kier alpha value is -2.30. The van der Waals surface area contributed by atoms with Gasteiger partial charge in [0.2, 0.25) is 6.79 Å². The molecule has 0 saturated carbocycles. The third-order valence-corrected chi connectivity index (χ3v) is 3.29. The van der Waals surface area contributed by atoms with Gasteiger partial charge in [-0.1, -0.05) is 0 Å². The van der Waals surface area contributed by atoms with Gasteiger partial charge in [-0.25, -0.2) is 0 Å². The van der Waals surface area contributed by atoms with Crippen molar-refractivity contribution >= 4 is 16.7 Å². The molecule has 0 unspecified atom stereocenters. The van der Waals surface area contributed by atoms with Gasteiger partial charge in [0.15, 0.2) is 22.7 Å². The van der Waals surface area contributed by atoms with Gasteiger partial charge in [0.25, 0.3) is 0 Å². The average molecular weight is 259 g/mol. The van der Waals surface area contributed by atoms with E-state index in [0.717, 1.165) is 5.52 Å². The molecule has 0 bridgehead atoms. The van der Waals surface area contributed by atoms with Gasteiger partial charge in [-0.15, -0.1) is 0 Å². The molecule has 1 aliphatic heterocycles. The lowest BCUT2D eigenvalue weighted by Gasteiger charge is -2.11. The number of rotatable bonds is 2. The van der Waals surface area contributed by atoms with E-state index >= 15 is 0 Å². The van der Waals surface area contributed by atoms with Gasteiger partial charge in [0.05, 0.1) is 16.5 Å². The molecule has 0 spiro atoms. The largest absolute Gasteiger partial charge is 0.454 e. The topological polar surface area (TPSA) is 57.5 Å². The van der Waals surface area contributed by atoms with Crippen molar-refractivity contribution in [2.45, 2.75) is 20.4 Å². The number of fused-ring (bicyclic) bond motifs is 2. The van der Waals surface area contributed by atoms with Crippen LogP contribution in [-0.4, -0.2) is 17.1 Å². The van der Waals surface area contributed by atoms with Crippen LogP contribution in [0.1, 0.15) is 24.2 Å². The zero-order valence-corrected chi connectivity index (χ0v) is 10.7. The van der Waals surface area contributed by atoms with Crippen LogP contribution in [0.15, 0.2) is 23.1 Å². The number of ether oxygens (including phenoxy) is 2. The molecule has 19 heavy (non-hydrogen) atoms. The molecule has 5 nitrogen and oxygen atoms in total. The minimum Gasteiger partial charge on any atom is -0.454 e. The lowest BCUT2D eigenvalue weighted by atomic mass is 10.1. The van der Waals surface area contributed by atoms with Crippen LogP contribution >= 0.6 is 0 Å². The maximum absolute atomic E-state index is 12.3. The number of pyridine rings is 1. The van der Waals surface area contributed by atoms with Crippen LogP contribution in [0.25, 0.3) is 10.9 Å². The summed E-state index contributed by atoms with van der Waals surface area (Å²) in [4.78, 5) is 23.8. The molecule has 2 aromatic rings. The second-order valence-corrected chi connectivity index (χ2v) is 4.44. The molecule has 5 heteroatoms. The summed E-state index contributed by atoms with van der Waals surface area (Å²) in [5.74, 6) is 0.949. The summed E-state index contributed by atoms with van der Waals surface area (Å²) in [6.45, 7) is 4.18. The summed E-state index contributed by atoms with van der Waals surface area (Å²) in [5.41, 5.74) is 0.695. The predicted octanol–water partition coefficient (Wildman–Crippen LogP) is 1.95. The molecule has 1 aromatic heterocycles. The van der Waals surface area contributed by atoms with Crippen LogP contribution in [0, 0.1) is 0 Å². The van der Waals surface area contributed by atoms with E-state index in [1.165, 1.54) is 6.92 Å². The zero-order valence-electron chi connectivity index (χ0n) is 10.7. The van der Waals surface area contributed by atoms with Crippen molar-refractivity contribution in [3.63, 3.8) is 0 Å². The summed E-state index contributed by atoms with van der Waals surface area (Å²) in [7, 11) is 0. The van der Waals surface area contributed by atoms with Gasteiger partial charge in [-0.2, -0.15) is 0 Å². The first-order valence-corrected chi connectivity index (χ1v) is 6.09. The molecule has 3 rings (SSSR count). The highest BCUT2D eigenvalue weighted by Crippen LogP contribution is 2.35. The van der Waals surface area contributed by atoms with E-state index in [1.54, 1.807) is 18.3 Å². The molecule has 0 aliphatic carbocycles. The molecular weight excluding hydrogens is 246 g/mol. The number of carbonyl (C=O) groups excluding carboxylic acids is 1. The third-order valence-electron chi connectivity index (χ3n) is 3.29. The summed E-state index contributed by atoms with van der Waals surface area (Å²) in [6.07, 6.45) is 1.61. The molecule has 0 radical (unpaired) electrons. The number of hydrogen-bond donors (Lipinski definition) is 0. The Morgan fingerprint density at radius 3 is 2.63 bits per heavy atom. The summed E-state index contributed by atoms with van der Waals surface area (Å²) in [5, 5.41) is 0.485. The lowest BCUT2D eigenvalue weighted by molar-refractivity contribution is 0.101. The number of carbonyl (C=O) groups is 1. The Morgan fingerprint density at radius 1 is 1.32 bits per heavy atom. The maximum atomic E-state index is 12.3. The quantitative estimate of drug-likeness (QED) is 0.773. The Morgan fingerprint density at radius 2 is 2.00 bits per heavy atom. The van der Waals surface area contributed by atoms with Gasteiger partial charge in [-0.05, 0) is 19.9 Å².